The van der Waals surface area contributed by atoms with Gasteiger partial charge in [0.2, 0.25) is 0 Å². The Bertz CT molecular complexity index is 518. The molecule has 20 heavy (non-hydrogen) atoms. The molecule has 0 amide bonds. The molecule has 0 aliphatic rings. The summed E-state index contributed by atoms with van der Waals surface area (Å²) in [5.41, 5.74) is 2.20. The second-order valence-corrected chi connectivity index (χ2v) is 5.73. The number of aromatic nitrogens is 2. The average Bonchev–Trinajstić information content (AvgIpc) is 2.44. The molecule has 106 valence electrons. The van der Waals surface area contributed by atoms with Crippen LogP contribution in [-0.2, 0) is 13.2 Å². The Balaban J connectivity index is 1.85. The van der Waals surface area contributed by atoms with Gasteiger partial charge in [0.05, 0.1) is 11.9 Å². The molecule has 0 aliphatic heterocycles. The van der Waals surface area contributed by atoms with Crippen LogP contribution in [0.1, 0.15) is 32.0 Å². The summed E-state index contributed by atoms with van der Waals surface area (Å²) in [6.07, 6.45) is 5.29. The van der Waals surface area contributed by atoms with Gasteiger partial charge in [-0.15, -0.1) is 0 Å². The highest BCUT2D eigenvalue weighted by Crippen LogP contribution is 2.12. The zero-order chi connectivity index (χ0) is 14.4. The van der Waals surface area contributed by atoms with Crippen LogP contribution >= 0.6 is 0 Å². The van der Waals surface area contributed by atoms with E-state index >= 15 is 0 Å². The van der Waals surface area contributed by atoms with Crippen LogP contribution in [0.15, 0.2) is 42.9 Å². The van der Waals surface area contributed by atoms with E-state index in [1.54, 1.807) is 18.6 Å². The first-order valence-corrected chi connectivity index (χ1v) is 6.75. The molecule has 0 aromatic carbocycles. The molecule has 0 bridgehead atoms. The van der Waals surface area contributed by atoms with Gasteiger partial charge >= 0.3 is 0 Å². The van der Waals surface area contributed by atoms with E-state index in [1.807, 2.05) is 24.3 Å². The maximum absolute atomic E-state index is 5.68. The molecule has 2 rings (SSSR count). The Morgan fingerprint density at radius 2 is 1.85 bits per heavy atom. The summed E-state index contributed by atoms with van der Waals surface area (Å²) in [6, 6.07) is 7.82. The molecular weight excluding hydrogens is 250 g/mol. The van der Waals surface area contributed by atoms with Gasteiger partial charge in [0, 0.05) is 24.5 Å². The second-order valence-electron chi connectivity index (χ2n) is 5.73. The second kappa shape index (κ2) is 6.48. The fraction of sp³-hybridized carbons (Fsp3) is 0.375. The van der Waals surface area contributed by atoms with Gasteiger partial charge in [0.1, 0.15) is 12.4 Å². The number of hydrogen-bond acceptors (Lipinski definition) is 4. The summed E-state index contributed by atoms with van der Waals surface area (Å²) >= 11 is 0. The van der Waals surface area contributed by atoms with Crippen LogP contribution in [-0.4, -0.2) is 15.5 Å². The summed E-state index contributed by atoms with van der Waals surface area (Å²) < 4.78 is 5.68. The van der Waals surface area contributed by atoms with Crippen LogP contribution < -0.4 is 10.1 Å². The lowest BCUT2D eigenvalue weighted by atomic mass is 10.1. The zero-order valence-electron chi connectivity index (χ0n) is 12.3. The van der Waals surface area contributed by atoms with E-state index < -0.39 is 0 Å². The quantitative estimate of drug-likeness (QED) is 0.908. The van der Waals surface area contributed by atoms with E-state index in [0.717, 1.165) is 23.6 Å². The Hall–Kier alpha value is -1.94. The summed E-state index contributed by atoms with van der Waals surface area (Å²) in [5, 5.41) is 3.41. The molecular formula is C16H21N3O. The molecule has 1 N–H and O–H groups in total. The van der Waals surface area contributed by atoms with Crippen LogP contribution in [0, 0.1) is 0 Å². The van der Waals surface area contributed by atoms with E-state index in [-0.39, 0.29) is 5.54 Å². The Morgan fingerprint density at radius 3 is 2.45 bits per heavy atom. The lowest BCUT2D eigenvalue weighted by Gasteiger charge is -2.20. The number of rotatable bonds is 5. The minimum atomic E-state index is 0.0954. The van der Waals surface area contributed by atoms with Gasteiger partial charge < -0.3 is 10.1 Å². The molecule has 0 spiro atoms. The van der Waals surface area contributed by atoms with E-state index in [9.17, 15) is 0 Å². The van der Waals surface area contributed by atoms with Gasteiger partial charge in [0.15, 0.2) is 0 Å². The lowest BCUT2D eigenvalue weighted by molar-refractivity contribution is 0.304. The van der Waals surface area contributed by atoms with E-state index in [4.69, 9.17) is 4.74 Å². The van der Waals surface area contributed by atoms with Gasteiger partial charge in [-0.1, -0.05) is 0 Å². The van der Waals surface area contributed by atoms with E-state index in [0.29, 0.717) is 6.61 Å². The number of ether oxygens (including phenoxy) is 1. The van der Waals surface area contributed by atoms with Crippen LogP contribution in [0.25, 0.3) is 0 Å². The number of pyridine rings is 2. The van der Waals surface area contributed by atoms with Gasteiger partial charge in [-0.2, -0.15) is 0 Å². The van der Waals surface area contributed by atoms with E-state index in [2.05, 4.69) is 36.1 Å². The SMILES string of the molecule is CC(C)(C)NCc1ccc(OCc2ccncc2)cn1. The molecule has 2 aromatic heterocycles. The normalized spacial score (nSPS) is 11.3. The number of nitrogens with one attached hydrogen (secondary N) is 1. The van der Waals surface area contributed by atoms with Crippen LogP contribution in [0.4, 0.5) is 0 Å². The topological polar surface area (TPSA) is 47.0 Å². The first kappa shape index (κ1) is 14.5. The molecule has 2 heterocycles. The summed E-state index contributed by atoms with van der Waals surface area (Å²) in [4.78, 5) is 8.37. The molecule has 2 aromatic rings. The summed E-state index contributed by atoms with van der Waals surface area (Å²) in [7, 11) is 0. The number of hydrogen-bond donors (Lipinski definition) is 1. The van der Waals surface area contributed by atoms with E-state index in [1.165, 1.54) is 0 Å². The van der Waals surface area contributed by atoms with Gasteiger partial charge in [-0.25, -0.2) is 0 Å². The largest absolute Gasteiger partial charge is 0.487 e. The highest BCUT2D eigenvalue weighted by atomic mass is 16.5. The Kier molecular flexibility index (Phi) is 4.69. The molecule has 4 nitrogen and oxygen atoms in total. The predicted molar refractivity (Wildman–Crippen MR) is 79.4 cm³/mol. The highest BCUT2D eigenvalue weighted by Gasteiger charge is 2.08. The lowest BCUT2D eigenvalue weighted by Crippen LogP contribution is -2.35. The van der Waals surface area contributed by atoms with Gasteiger partial charge in [-0.05, 0) is 50.6 Å². The Labute approximate surface area is 120 Å². The fourth-order valence-electron chi connectivity index (χ4n) is 1.60. The van der Waals surface area contributed by atoms with Crippen molar-refractivity contribution in [3.05, 3.63) is 54.1 Å². The first-order chi connectivity index (χ1) is 9.53. The third-order valence-electron chi connectivity index (χ3n) is 2.75. The molecule has 0 fully saturated rings. The van der Waals surface area contributed by atoms with Gasteiger partial charge in [0.25, 0.3) is 0 Å². The maximum atomic E-state index is 5.68. The molecule has 0 saturated carbocycles. The zero-order valence-corrected chi connectivity index (χ0v) is 12.3. The summed E-state index contributed by atoms with van der Waals surface area (Å²) in [6.45, 7) is 7.70. The third kappa shape index (κ3) is 4.97. The van der Waals surface area contributed by atoms with Crippen molar-refractivity contribution in [3.8, 4) is 5.75 Å². The minimum Gasteiger partial charge on any atom is -0.487 e. The van der Waals surface area contributed by atoms with Crippen molar-refractivity contribution in [2.45, 2.75) is 39.5 Å². The van der Waals surface area contributed by atoms with Crippen molar-refractivity contribution in [3.63, 3.8) is 0 Å². The van der Waals surface area contributed by atoms with Crippen molar-refractivity contribution < 1.29 is 4.74 Å². The average molecular weight is 271 g/mol. The van der Waals surface area contributed by atoms with Crippen molar-refractivity contribution in [1.29, 1.82) is 0 Å². The third-order valence-corrected chi connectivity index (χ3v) is 2.75. The van der Waals surface area contributed by atoms with Crippen molar-refractivity contribution in [2.75, 3.05) is 0 Å². The Morgan fingerprint density at radius 1 is 1.10 bits per heavy atom. The predicted octanol–water partition coefficient (Wildman–Crippen LogP) is 2.94. The minimum absolute atomic E-state index is 0.0954. The molecule has 0 atom stereocenters. The first-order valence-electron chi connectivity index (χ1n) is 6.75. The molecule has 0 unspecified atom stereocenters. The van der Waals surface area contributed by atoms with Crippen molar-refractivity contribution in [1.82, 2.24) is 15.3 Å². The smallest absolute Gasteiger partial charge is 0.138 e. The summed E-state index contributed by atoms with van der Waals surface area (Å²) in [5.74, 6) is 0.779. The molecule has 0 radical (unpaired) electrons. The number of nitrogens with zero attached hydrogens (tertiary/aromatic N) is 2. The van der Waals surface area contributed by atoms with Gasteiger partial charge in [-0.3, -0.25) is 9.97 Å². The van der Waals surface area contributed by atoms with Crippen molar-refractivity contribution in [2.24, 2.45) is 0 Å². The standard InChI is InChI=1S/C16H21N3O/c1-16(2,3)19-10-14-4-5-15(11-18-14)20-12-13-6-8-17-9-7-13/h4-9,11,19H,10,12H2,1-3H3. The molecule has 0 saturated heterocycles. The van der Waals surface area contributed by atoms with Crippen LogP contribution in [0.3, 0.4) is 0 Å². The fourth-order valence-corrected chi connectivity index (χ4v) is 1.60. The van der Waals surface area contributed by atoms with Crippen LogP contribution in [0.5, 0.6) is 5.75 Å². The molecule has 4 heteroatoms. The maximum Gasteiger partial charge on any atom is 0.138 e. The van der Waals surface area contributed by atoms with Crippen LogP contribution in [0.2, 0.25) is 0 Å². The van der Waals surface area contributed by atoms with Crippen molar-refractivity contribution >= 4 is 0 Å². The monoisotopic (exact) mass is 271 g/mol. The highest BCUT2D eigenvalue weighted by molar-refractivity contribution is 5.20. The molecule has 0 aliphatic carbocycles.